The van der Waals surface area contributed by atoms with Crippen LogP contribution < -0.4 is 0 Å². The van der Waals surface area contributed by atoms with Crippen LogP contribution in [0.1, 0.15) is 0 Å². The Labute approximate surface area is 176 Å². The van der Waals surface area contributed by atoms with Crippen molar-refractivity contribution in [2.75, 3.05) is 0 Å². The number of carbonyl (C=O) groups excluding carboxylic acids is 2. The number of alkyl halides is 4. The van der Waals surface area contributed by atoms with Gasteiger partial charge in [0, 0.05) is 23.7 Å². The highest BCUT2D eigenvalue weighted by atomic mass is 35.5. The van der Waals surface area contributed by atoms with E-state index < -0.39 is 54.7 Å². The highest BCUT2D eigenvalue weighted by Gasteiger charge is 2.92. The molecule has 0 aromatic heterocycles. The van der Waals surface area contributed by atoms with Crippen LogP contribution in [0, 0.1) is 23.7 Å². The fraction of sp³-hybridized carbons (Fsp3) is 0.571. The smallest absolute Gasteiger partial charge is 0.186 e. The van der Waals surface area contributed by atoms with Gasteiger partial charge in [-0.05, 0) is 0 Å². The third kappa shape index (κ3) is 1.20. The van der Waals surface area contributed by atoms with E-state index in [0.717, 1.165) is 0 Å². The zero-order valence-electron chi connectivity index (χ0n) is 11.1. The fourth-order valence-electron chi connectivity index (χ4n) is 5.49. The third-order valence-electron chi connectivity index (χ3n) is 6.37. The van der Waals surface area contributed by atoms with E-state index in [-0.39, 0.29) is 20.1 Å². The molecule has 0 radical (unpaired) electrons. The van der Waals surface area contributed by atoms with Gasteiger partial charge >= 0.3 is 0 Å². The minimum Gasteiger partial charge on any atom is -0.295 e. The normalized spacial score (nSPS) is 60.2. The molecule has 0 heterocycles. The van der Waals surface area contributed by atoms with Gasteiger partial charge in [-0.3, -0.25) is 9.59 Å². The van der Waals surface area contributed by atoms with Crippen molar-refractivity contribution >= 4 is 104 Å². The van der Waals surface area contributed by atoms with Crippen molar-refractivity contribution in [2.24, 2.45) is 23.7 Å². The summed E-state index contributed by atoms with van der Waals surface area (Å²) in [6.07, 6.45) is 0. The molecule has 0 N–H and O–H groups in total. The fourth-order valence-corrected chi connectivity index (χ4v) is 9.28. The zero-order valence-corrected chi connectivity index (χ0v) is 17.2. The Kier molecular flexibility index (Phi) is 3.06. The molecule has 3 saturated carbocycles. The molecule has 5 aliphatic rings. The van der Waals surface area contributed by atoms with Gasteiger partial charge in [-0.15, -0.1) is 46.4 Å². The predicted octanol–water partition coefficient (Wildman–Crippen LogP) is 4.95. The molecule has 0 aromatic carbocycles. The first-order valence-corrected chi connectivity index (χ1v) is 9.93. The number of allylic oxidation sites excluding steroid dienone is 4. The van der Waals surface area contributed by atoms with E-state index in [1.807, 2.05) is 0 Å². The molecule has 5 aliphatic carbocycles. The van der Waals surface area contributed by atoms with E-state index in [4.69, 9.17) is 92.8 Å². The first-order chi connectivity index (χ1) is 10.9. The average Bonchev–Trinajstić information content (AvgIpc) is 2.86. The van der Waals surface area contributed by atoms with Crippen LogP contribution in [-0.4, -0.2) is 31.1 Å². The van der Waals surface area contributed by atoms with Gasteiger partial charge in [-0.25, -0.2) is 0 Å². The second-order valence-electron chi connectivity index (χ2n) is 6.86. The molecule has 24 heavy (non-hydrogen) atoms. The summed E-state index contributed by atoms with van der Waals surface area (Å²) in [4.78, 5) is 19.3. The van der Waals surface area contributed by atoms with Crippen molar-refractivity contribution in [3.63, 3.8) is 0 Å². The Morgan fingerprint density at radius 3 is 0.833 bits per heavy atom. The van der Waals surface area contributed by atoms with E-state index in [1.54, 1.807) is 0 Å². The van der Waals surface area contributed by atoms with Gasteiger partial charge in [0.05, 0.1) is 20.1 Å². The number of hydrogen-bond acceptors (Lipinski definition) is 2. The first kappa shape index (κ1) is 17.3. The molecule has 0 aromatic rings. The van der Waals surface area contributed by atoms with Crippen LogP contribution in [0.4, 0.5) is 0 Å². The van der Waals surface area contributed by atoms with Crippen LogP contribution in [0.3, 0.4) is 0 Å². The second kappa shape index (κ2) is 4.25. The molecule has 5 rings (SSSR count). The Hall–Kier alpha value is 1.14. The van der Waals surface area contributed by atoms with Crippen LogP contribution >= 0.6 is 92.8 Å². The topological polar surface area (TPSA) is 34.1 Å². The van der Waals surface area contributed by atoms with Gasteiger partial charge in [0.1, 0.15) is 19.5 Å². The predicted molar refractivity (Wildman–Crippen MR) is 95.8 cm³/mol. The number of fused-ring (bicyclic) bond motifs is 12. The Balaban J connectivity index is 1.80. The number of rotatable bonds is 0. The maximum absolute atomic E-state index is 12.9. The summed E-state index contributed by atoms with van der Waals surface area (Å²) < 4.78 is 0. The summed E-state index contributed by atoms with van der Waals surface area (Å²) in [6.45, 7) is 0. The van der Waals surface area contributed by atoms with Crippen molar-refractivity contribution in [3.8, 4) is 0 Å². The van der Waals surface area contributed by atoms with Crippen LogP contribution in [0.25, 0.3) is 0 Å². The van der Waals surface area contributed by atoms with Crippen LogP contribution in [0.2, 0.25) is 0 Å². The van der Waals surface area contributed by atoms with Crippen LogP contribution in [0.15, 0.2) is 20.1 Å². The molecule has 0 spiro atoms. The van der Waals surface area contributed by atoms with Crippen molar-refractivity contribution in [1.82, 2.24) is 0 Å². The monoisotopic (exact) mass is 484 g/mol. The lowest BCUT2D eigenvalue weighted by Crippen LogP contribution is -2.64. The summed E-state index contributed by atoms with van der Waals surface area (Å²) >= 11 is 51.4. The largest absolute Gasteiger partial charge is 0.295 e. The summed E-state index contributed by atoms with van der Waals surface area (Å²) in [7, 11) is 0. The van der Waals surface area contributed by atoms with Gasteiger partial charge in [-0.2, -0.15) is 0 Å². The molecule has 10 heteroatoms. The van der Waals surface area contributed by atoms with Crippen molar-refractivity contribution in [2.45, 2.75) is 19.5 Å². The highest BCUT2D eigenvalue weighted by molar-refractivity contribution is 6.65. The molecule has 0 aliphatic heterocycles. The van der Waals surface area contributed by atoms with E-state index in [1.165, 1.54) is 0 Å². The standard InChI is InChI=1S/C14H4Cl8O2/c15-5-6(16)12(20)2-1(11(5,19)9(12)23)3-4(2)14(22)8(18)7(17)13(3,21)10(14)24/h1-4H/t1?,2?,3?,4?,11-,12-,13+,14+. The second-order valence-corrected chi connectivity index (χ2v) is 10.8. The number of carbonyl (C=O) groups is 2. The Bertz CT molecular complexity index is 723. The molecule has 0 saturated heterocycles. The lowest BCUT2D eigenvalue weighted by molar-refractivity contribution is -0.121. The Morgan fingerprint density at radius 1 is 0.500 bits per heavy atom. The van der Waals surface area contributed by atoms with Gasteiger partial charge in [0.15, 0.2) is 11.6 Å². The van der Waals surface area contributed by atoms with Gasteiger partial charge < -0.3 is 0 Å². The van der Waals surface area contributed by atoms with Gasteiger partial charge in [0.25, 0.3) is 0 Å². The minimum absolute atomic E-state index is 0.0177. The maximum Gasteiger partial charge on any atom is 0.186 e. The van der Waals surface area contributed by atoms with Crippen molar-refractivity contribution in [1.29, 1.82) is 0 Å². The quantitative estimate of drug-likeness (QED) is 0.453. The van der Waals surface area contributed by atoms with Gasteiger partial charge in [-0.1, -0.05) is 46.4 Å². The van der Waals surface area contributed by atoms with Crippen molar-refractivity contribution < 1.29 is 9.59 Å². The van der Waals surface area contributed by atoms with E-state index in [2.05, 4.69) is 0 Å². The van der Waals surface area contributed by atoms with E-state index >= 15 is 0 Å². The molecule has 0 amide bonds. The summed E-state index contributed by atoms with van der Waals surface area (Å²) in [6, 6.07) is 0. The molecule has 3 fully saturated rings. The number of halogens is 8. The molecule has 2 nitrogen and oxygen atoms in total. The summed E-state index contributed by atoms with van der Waals surface area (Å²) in [5.41, 5.74) is 0. The molecule has 128 valence electrons. The third-order valence-corrected chi connectivity index (χ3v) is 11.3. The molecule has 4 bridgehead atoms. The number of ketones is 2. The molecular weight excluding hydrogens is 484 g/mol. The lowest BCUT2D eigenvalue weighted by atomic mass is 9.49. The molecule has 8 atom stereocenters. The van der Waals surface area contributed by atoms with Gasteiger partial charge in [0.2, 0.25) is 0 Å². The zero-order chi connectivity index (χ0) is 17.8. The SMILES string of the molecule is O=C1[C@@]2(Cl)C(Cl)=C(Cl)[C@@]1(Cl)C1C2C2C1[C@]1(Cl)C(=O)[C@]2(Cl)C(Cl)=C1Cl. The summed E-state index contributed by atoms with van der Waals surface area (Å²) in [5.74, 6) is -3.38. The first-order valence-electron chi connectivity index (χ1n) is 6.91. The minimum atomic E-state index is -1.62. The van der Waals surface area contributed by atoms with E-state index in [9.17, 15) is 9.59 Å². The highest BCUT2D eigenvalue weighted by Crippen LogP contribution is 2.84. The van der Waals surface area contributed by atoms with Crippen molar-refractivity contribution in [3.05, 3.63) is 20.1 Å². The number of Topliss-reactive ketones (excluding diaryl/α,β-unsaturated/α-hetero) is 2. The maximum atomic E-state index is 12.9. The van der Waals surface area contributed by atoms with E-state index in [0.29, 0.717) is 0 Å². The molecule has 4 unspecified atom stereocenters. The number of hydrogen-bond donors (Lipinski definition) is 0. The Morgan fingerprint density at radius 2 is 0.667 bits per heavy atom. The average molecular weight is 488 g/mol. The summed E-state index contributed by atoms with van der Waals surface area (Å²) in [5, 5.41) is -0.0709. The molecular formula is C14H4Cl8O2. The van der Waals surface area contributed by atoms with Crippen LogP contribution in [-0.2, 0) is 9.59 Å². The lowest BCUT2D eigenvalue weighted by Gasteiger charge is -2.59. The van der Waals surface area contributed by atoms with Crippen LogP contribution in [0.5, 0.6) is 0 Å².